The fraction of sp³-hybridized carbons (Fsp3) is 0.929. The topological polar surface area (TPSA) is 41.6 Å². The van der Waals surface area contributed by atoms with Crippen LogP contribution in [0.15, 0.2) is 0 Å². The lowest BCUT2D eigenvalue weighted by Gasteiger charge is -2.34. The highest BCUT2D eigenvalue weighted by Gasteiger charge is 2.23. The van der Waals surface area contributed by atoms with Crippen molar-refractivity contribution >= 4 is 5.97 Å². The van der Waals surface area contributed by atoms with Crippen LogP contribution in [-0.2, 0) is 9.53 Å². The van der Waals surface area contributed by atoms with Gasteiger partial charge in [-0.25, -0.2) is 0 Å². The number of rotatable bonds is 6. The van der Waals surface area contributed by atoms with Crippen molar-refractivity contribution in [3.63, 3.8) is 0 Å². The molecule has 0 aliphatic heterocycles. The van der Waals surface area contributed by atoms with Crippen LogP contribution in [0.25, 0.3) is 0 Å². The molecule has 0 heterocycles. The molecule has 18 heavy (non-hydrogen) atoms. The number of esters is 1. The number of carbonyl (C=O) groups excluding carboxylic acids is 1. The molecule has 1 aliphatic carbocycles. The highest BCUT2D eigenvalue weighted by Crippen LogP contribution is 2.26. The summed E-state index contributed by atoms with van der Waals surface area (Å²) < 4.78 is 4.78. The second-order valence-electron chi connectivity index (χ2n) is 5.55. The van der Waals surface area contributed by atoms with Crippen LogP contribution >= 0.6 is 0 Å². The highest BCUT2D eigenvalue weighted by molar-refractivity contribution is 5.75. The SMILES string of the molecule is CNC(CCN(C)C1CCC(C)CC1)C(=O)OC. The predicted octanol–water partition coefficient (Wildman–Crippen LogP) is 1.65. The third-order valence-electron chi connectivity index (χ3n) is 4.21. The van der Waals surface area contributed by atoms with Crippen molar-refractivity contribution in [3.05, 3.63) is 0 Å². The van der Waals surface area contributed by atoms with Crippen LogP contribution in [0.1, 0.15) is 39.0 Å². The highest BCUT2D eigenvalue weighted by atomic mass is 16.5. The summed E-state index contributed by atoms with van der Waals surface area (Å²) in [6.45, 7) is 3.28. The fourth-order valence-corrected chi connectivity index (χ4v) is 2.72. The van der Waals surface area contributed by atoms with Gasteiger partial charge in [0.05, 0.1) is 7.11 Å². The Morgan fingerprint density at radius 2 is 2.00 bits per heavy atom. The van der Waals surface area contributed by atoms with Crippen molar-refractivity contribution in [3.8, 4) is 0 Å². The Morgan fingerprint density at radius 3 is 2.50 bits per heavy atom. The molecular formula is C14H28N2O2. The third kappa shape index (κ3) is 4.58. The van der Waals surface area contributed by atoms with Crippen LogP contribution in [0.2, 0.25) is 0 Å². The Hall–Kier alpha value is -0.610. The Labute approximate surface area is 111 Å². The van der Waals surface area contributed by atoms with Gasteiger partial charge in [0.25, 0.3) is 0 Å². The van der Waals surface area contributed by atoms with Crippen molar-refractivity contribution in [2.45, 2.75) is 51.1 Å². The summed E-state index contributed by atoms with van der Waals surface area (Å²) in [5.74, 6) is 0.720. The number of methoxy groups -OCH3 is 1. The Morgan fingerprint density at radius 1 is 1.39 bits per heavy atom. The molecule has 1 saturated carbocycles. The van der Waals surface area contributed by atoms with Crippen LogP contribution in [0.4, 0.5) is 0 Å². The zero-order chi connectivity index (χ0) is 13.5. The van der Waals surface area contributed by atoms with Crippen molar-refractivity contribution in [1.29, 1.82) is 0 Å². The first kappa shape index (κ1) is 15.4. The molecule has 4 heteroatoms. The van der Waals surface area contributed by atoms with E-state index >= 15 is 0 Å². The first-order valence-corrected chi connectivity index (χ1v) is 7.03. The predicted molar refractivity (Wildman–Crippen MR) is 73.5 cm³/mol. The monoisotopic (exact) mass is 256 g/mol. The number of nitrogens with zero attached hydrogens (tertiary/aromatic N) is 1. The van der Waals surface area contributed by atoms with E-state index in [1.807, 2.05) is 7.05 Å². The van der Waals surface area contributed by atoms with Crippen molar-refractivity contribution in [2.75, 3.05) is 27.7 Å². The van der Waals surface area contributed by atoms with Gasteiger partial charge in [-0.05, 0) is 52.1 Å². The van der Waals surface area contributed by atoms with Gasteiger partial charge in [0.1, 0.15) is 6.04 Å². The molecule has 0 radical (unpaired) electrons. The van der Waals surface area contributed by atoms with E-state index in [0.717, 1.165) is 18.9 Å². The zero-order valence-electron chi connectivity index (χ0n) is 12.2. The molecular weight excluding hydrogens is 228 g/mol. The summed E-state index contributed by atoms with van der Waals surface area (Å²) in [6.07, 6.45) is 6.06. The van der Waals surface area contributed by atoms with Gasteiger partial charge in [-0.2, -0.15) is 0 Å². The van der Waals surface area contributed by atoms with E-state index in [2.05, 4.69) is 24.2 Å². The summed E-state index contributed by atoms with van der Waals surface area (Å²) in [5, 5.41) is 3.02. The van der Waals surface area contributed by atoms with E-state index in [9.17, 15) is 4.79 Å². The molecule has 1 atom stereocenters. The van der Waals surface area contributed by atoms with Gasteiger partial charge in [0, 0.05) is 12.6 Å². The average Bonchev–Trinajstić information content (AvgIpc) is 2.39. The van der Waals surface area contributed by atoms with Crippen molar-refractivity contribution in [1.82, 2.24) is 10.2 Å². The Bertz CT molecular complexity index is 250. The van der Waals surface area contributed by atoms with Crippen LogP contribution in [-0.4, -0.2) is 50.7 Å². The lowest BCUT2D eigenvalue weighted by molar-refractivity contribution is -0.143. The van der Waals surface area contributed by atoms with E-state index in [-0.39, 0.29) is 12.0 Å². The van der Waals surface area contributed by atoms with E-state index in [4.69, 9.17) is 4.74 Å². The van der Waals surface area contributed by atoms with Crippen molar-refractivity contribution in [2.24, 2.45) is 5.92 Å². The molecule has 0 aromatic heterocycles. The van der Waals surface area contributed by atoms with Gasteiger partial charge in [-0.3, -0.25) is 4.79 Å². The smallest absolute Gasteiger partial charge is 0.322 e. The maximum atomic E-state index is 11.5. The van der Waals surface area contributed by atoms with Gasteiger partial charge in [0.2, 0.25) is 0 Å². The summed E-state index contributed by atoms with van der Waals surface area (Å²) >= 11 is 0. The molecule has 0 aromatic rings. The standard InChI is InChI=1S/C14H28N2O2/c1-11-5-7-12(8-6-11)16(3)10-9-13(15-2)14(17)18-4/h11-13,15H,5-10H2,1-4H3. The maximum Gasteiger partial charge on any atom is 0.322 e. The van der Waals surface area contributed by atoms with Gasteiger partial charge >= 0.3 is 5.97 Å². The fourth-order valence-electron chi connectivity index (χ4n) is 2.72. The molecule has 0 saturated heterocycles. The van der Waals surface area contributed by atoms with E-state index < -0.39 is 0 Å². The van der Waals surface area contributed by atoms with E-state index in [1.165, 1.54) is 32.8 Å². The molecule has 106 valence electrons. The molecule has 0 spiro atoms. The minimum atomic E-state index is -0.181. The average molecular weight is 256 g/mol. The summed E-state index contributed by atoms with van der Waals surface area (Å²) in [5.41, 5.74) is 0. The first-order valence-electron chi connectivity index (χ1n) is 7.03. The Balaban J connectivity index is 2.31. The first-order chi connectivity index (χ1) is 8.58. The number of hydrogen-bond acceptors (Lipinski definition) is 4. The summed E-state index contributed by atoms with van der Waals surface area (Å²) in [7, 11) is 5.42. The second kappa shape index (κ2) is 7.74. The van der Waals surface area contributed by atoms with Crippen LogP contribution < -0.4 is 5.32 Å². The Kier molecular flexibility index (Phi) is 6.65. The number of hydrogen-bond donors (Lipinski definition) is 1. The molecule has 4 nitrogen and oxygen atoms in total. The molecule has 1 aliphatic rings. The van der Waals surface area contributed by atoms with Gasteiger partial charge in [-0.15, -0.1) is 0 Å². The minimum Gasteiger partial charge on any atom is -0.468 e. The molecule has 0 bridgehead atoms. The normalized spacial score (nSPS) is 26.1. The largest absolute Gasteiger partial charge is 0.468 e. The molecule has 1 rings (SSSR count). The molecule has 1 unspecified atom stereocenters. The molecule has 1 fully saturated rings. The van der Waals surface area contributed by atoms with Gasteiger partial charge in [0.15, 0.2) is 0 Å². The number of ether oxygens (including phenoxy) is 1. The van der Waals surface area contributed by atoms with Crippen molar-refractivity contribution < 1.29 is 9.53 Å². The van der Waals surface area contributed by atoms with Crippen LogP contribution in [0, 0.1) is 5.92 Å². The lowest BCUT2D eigenvalue weighted by atomic mass is 9.86. The number of carbonyl (C=O) groups is 1. The zero-order valence-corrected chi connectivity index (χ0v) is 12.2. The number of nitrogens with one attached hydrogen (secondary N) is 1. The maximum absolute atomic E-state index is 11.5. The summed E-state index contributed by atoms with van der Waals surface area (Å²) in [6, 6.07) is 0.510. The molecule has 0 amide bonds. The number of likely N-dealkylation sites (N-methyl/N-ethyl adjacent to an activating group) is 1. The van der Waals surface area contributed by atoms with E-state index in [1.54, 1.807) is 0 Å². The van der Waals surface area contributed by atoms with Gasteiger partial charge < -0.3 is 15.0 Å². The van der Waals surface area contributed by atoms with Gasteiger partial charge in [-0.1, -0.05) is 6.92 Å². The molecule has 0 aromatic carbocycles. The van der Waals surface area contributed by atoms with Crippen LogP contribution in [0.3, 0.4) is 0 Å². The lowest BCUT2D eigenvalue weighted by Crippen LogP contribution is -2.41. The molecule has 1 N–H and O–H groups in total. The third-order valence-corrected chi connectivity index (χ3v) is 4.21. The summed E-state index contributed by atoms with van der Waals surface area (Å²) in [4.78, 5) is 13.9. The minimum absolute atomic E-state index is 0.164. The van der Waals surface area contributed by atoms with Crippen LogP contribution in [0.5, 0.6) is 0 Å². The second-order valence-corrected chi connectivity index (χ2v) is 5.55. The van der Waals surface area contributed by atoms with E-state index in [0.29, 0.717) is 6.04 Å². The quantitative estimate of drug-likeness (QED) is 0.734.